The molecule has 0 fully saturated rings. The molecule has 0 aliphatic rings. The van der Waals surface area contributed by atoms with Gasteiger partial charge in [0.15, 0.2) is 5.69 Å². The summed E-state index contributed by atoms with van der Waals surface area (Å²) in [5.74, 6) is -0.236. The van der Waals surface area contributed by atoms with Gasteiger partial charge in [-0.1, -0.05) is 12.1 Å². The summed E-state index contributed by atoms with van der Waals surface area (Å²) in [6.45, 7) is 1.71. The highest BCUT2D eigenvalue weighted by molar-refractivity contribution is 5.85. The Balaban J connectivity index is 2.35. The fourth-order valence-electron chi connectivity index (χ4n) is 1.60. The van der Waals surface area contributed by atoms with Gasteiger partial charge in [-0.2, -0.15) is 0 Å². The Kier molecular flexibility index (Phi) is 3.61. The molecule has 2 rings (SSSR count). The van der Waals surface area contributed by atoms with Crippen LogP contribution in [0.25, 0.3) is 0 Å². The number of carboxylic acid groups (broad SMARTS) is 1. The second kappa shape index (κ2) is 5.34. The van der Waals surface area contributed by atoms with E-state index < -0.39 is 5.97 Å². The molecule has 0 unspecified atom stereocenters. The van der Waals surface area contributed by atoms with Crippen molar-refractivity contribution in [2.45, 2.75) is 6.92 Å². The standard InChI is InChI=1S/C13H13N3O3/c1-8-7-10(12(17)18)16-13(14-8)15-9-5-3-4-6-11(9)19-2/h3-7H,1-2H3,(H,17,18)(H,14,15,16). The van der Waals surface area contributed by atoms with Crippen molar-refractivity contribution in [1.29, 1.82) is 0 Å². The zero-order valence-electron chi connectivity index (χ0n) is 10.5. The highest BCUT2D eigenvalue weighted by atomic mass is 16.5. The van der Waals surface area contributed by atoms with E-state index in [1.807, 2.05) is 12.1 Å². The van der Waals surface area contributed by atoms with Crippen molar-refractivity contribution in [2.24, 2.45) is 0 Å². The smallest absolute Gasteiger partial charge is 0.354 e. The van der Waals surface area contributed by atoms with Crippen LogP contribution in [-0.2, 0) is 0 Å². The van der Waals surface area contributed by atoms with E-state index in [-0.39, 0.29) is 11.6 Å². The van der Waals surface area contributed by atoms with Gasteiger partial charge in [0.1, 0.15) is 5.75 Å². The highest BCUT2D eigenvalue weighted by Crippen LogP contribution is 2.25. The third-order valence-electron chi connectivity index (χ3n) is 2.43. The van der Waals surface area contributed by atoms with Gasteiger partial charge in [-0.3, -0.25) is 0 Å². The number of methoxy groups -OCH3 is 1. The molecule has 2 aromatic rings. The molecule has 0 radical (unpaired) electrons. The van der Waals surface area contributed by atoms with Crippen LogP contribution in [0.2, 0.25) is 0 Å². The van der Waals surface area contributed by atoms with E-state index in [2.05, 4.69) is 15.3 Å². The van der Waals surface area contributed by atoms with Gasteiger partial charge in [0.25, 0.3) is 0 Å². The van der Waals surface area contributed by atoms with Crippen molar-refractivity contribution >= 4 is 17.6 Å². The van der Waals surface area contributed by atoms with E-state index >= 15 is 0 Å². The zero-order valence-corrected chi connectivity index (χ0v) is 10.5. The summed E-state index contributed by atoms with van der Waals surface area (Å²) in [7, 11) is 1.56. The number of benzene rings is 1. The number of aromatic carboxylic acids is 1. The molecular weight excluding hydrogens is 246 g/mol. The number of carbonyl (C=O) groups is 1. The molecule has 1 heterocycles. The molecule has 0 spiro atoms. The Labute approximate surface area is 110 Å². The number of aromatic nitrogens is 2. The van der Waals surface area contributed by atoms with Crippen molar-refractivity contribution in [2.75, 3.05) is 12.4 Å². The molecule has 0 bridgehead atoms. The molecule has 2 N–H and O–H groups in total. The van der Waals surface area contributed by atoms with Crippen molar-refractivity contribution in [3.05, 3.63) is 41.7 Å². The summed E-state index contributed by atoms with van der Waals surface area (Å²) in [6, 6.07) is 8.67. The lowest BCUT2D eigenvalue weighted by molar-refractivity contribution is 0.0690. The van der Waals surface area contributed by atoms with E-state index in [1.165, 1.54) is 6.07 Å². The van der Waals surface area contributed by atoms with Crippen LogP contribution in [0.3, 0.4) is 0 Å². The van der Waals surface area contributed by atoms with Crippen LogP contribution in [-0.4, -0.2) is 28.2 Å². The van der Waals surface area contributed by atoms with Crippen LogP contribution in [0, 0.1) is 6.92 Å². The number of para-hydroxylation sites is 2. The molecule has 0 atom stereocenters. The van der Waals surface area contributed by atoms with Crippen molar-refractivity contribution in [3.8, 4) is 5.75 Å². The summed E-state index contributed by atoms with van der Waals surface area (Å²) >= 11 is 0. The van der Waals surface area contributed by atoms with Crippen molar-refractivity contribution < 1.29 is 14.6 Å². The monoisotopic (exact) mass is 259 g/mol. The summed E-state index contributed by atoms with van der Waals surface area (Å²) in [6.07, 6.45) is 0. The van der Waals surface area contributed by atoms with E-state index in [0.717, 1.165) is 0 Å². The van der Waals surface area contributed by atoms with Crippen LogP contribution < -0.4 is 10.1 Å². The third kappa shape index (κ3) is 2.98. The minimum absolute atomic E-state index is 0.0510. The summed E-state index contributed by atoms with van der Waals surface area (Å²) in [5, 5.41) is 11.9. The molecule has 0 aliphatic carbocycles. The highest BCUT2D eigenvalue weighted by Gasteiger charge is 2.10. The molecule has 0 aliphatic heterocycles. The summed E-state index contributed by atoms with van der Waals surface area (Å²) < 4.78 is 5.19. The van der Waals surface area contributed by atoms with E-state index in [1.54, 1.807) is 26.2 Å². The molecule has 6 heteroatoms. The SMILES string of the molecule is COc1ccccc1Nc1nc(C)cc(C(=O)O)n1. The average Bonchev–Trinajstić information content (AvgIpc) is 2.38. The minimum Gasteiger partial charge on any atom is -0.495 e. The Bertz CT molecular complexity index is 614. The number of nitrogens with zero attached hydrogens (tertiary/aromatic N) is 2. The lowest BCUT2D eigenvalue weighted by atomic mass is 10.3. The van der Waals surface area contributed by atoms with E-state index in [9.17, 15) is 4.79 Å². The second-order valence-corrected chi connectivity index (χ2v) is 3.85. The molecule has 1 aromatic carbocycles. The number of carboxylic acids is 1. The molecule has 19 heavy (non-hydrogen) atoms. The molecule has 98 valence electrons. The predicted molar refractivity (Wildman–Crippen MR) is 70.0 cm³/mol. The number of hydrogen-bond acceptors (Lipinski definition) is 5. The maximum atomic E-state index is 10.9. The number of hydrogen-bond donors (Lipinski definition) is 2. The van der Waals surface area contributed by atoms with Gasteiger partial charge in [-0.15, -0.1) is 0 Å². The van der Waals surface area contributed by atoms with E-state index in [0.29, 0.717) is 17.1 Å². The zero-order chi connectivity index (χ0) is 13.8. The third-order valence-corrected chi connectivity index (χ3v) is 2.43. The first-order valence-electron chi connectivity index (χ1n) is 5.59. The Morgan fingerprint density at radius 1 is 1.32 bits per heavy atom. The van der Waals surface area contributed by atoms with Crippen LogP contribution in [0.5, 0.6) is 5.75 Å². The van der Waals surface area contributed by atoms with Gasteiger partial charge < -0.3 is 15.2 Å². The topological polar surface area (TPSA) is 84.3 Å². The minimum atomic E-state index is -1.09. The number of nitrogens with one attached hydrogen (secondary N) is 1. The predicted octanol–water partition coefficient (Wildman–Crippen LogP) is 2.24. The van der Waals surface area contributed by atoms with Gasteiger partial charge in [0.2, 0.25) is 5.95 Å². The average molecular weight is 259 g/mol. The number of ether oxygens (including phenoxy) is 1. The summed E-state index contributed by atoms with van der Waals surface area (Å²) in [5.41, 5.74) is 1.20. The van der Waals surface area contributed by atoms with Crippen LogP contribution in [0.4, 0.5) is 11.6 Å². The van der Waals surface area contributed by atoms with Gasteiger partial charge in [-0.05, 0) is 25.1 Å². The molecule has 0 saturated carbocycles. The van der Waals surface area contributed by atoms with Crippen molar-refractivity contribution in [3.63, 3.8) is 0 Å². The van der Waals surface area contributed by atoms with E-state index in [4.69, 9.17) is 9.84 Å². The normalized spacial score (nSPS) is 10.0. The largest absolute Gasteiger partial charge is 0.495 e. The van der Waals surface area contributed by atoms with Gasteiger partial charge in [0, 0.05) is 5.69 Å². The summed E-state index contributed by atoms with van der Waals surface area (Å²) in [4.78, 5) is 19.0. The van der Waals surface area contributed by atoms with Crippen LogP contribution in [0.1, 0.15) is 16.2 Å². The maximum absolute atomic E-state index is 10.9. The van der Waals surface area contributed by atoms with Gasteiger partial charge >= 0.3 is 5.97 Å². The first-order valence-corrected chi connectivity index (χ1v) is 5.59. The Morgan fingerprint density at radius 2 is 2.05 bits per heavy atom. The number of anilines is 2. The lowest BCUT2D eigenvalue weighted by Crippen LogP contribution is -2.06. The fourth-order valence-corrected chi connectivity index (χ4v) is 1.60. The molecule has 1 aromatic heterocycles. The molecule has 6 nitrogen and oxygen atoms in total. The van der Waals surface area contributed by atoms with Gasteiger partial charge in [0.05, 0.1) is 12.8 Å². The first kappa shape index (κ1) is 12.8. The van der Waals surface area contributed by atoms with Crippen LogP contribution >= 0.6 is 0 Å². The quantitative estimate of drug-likeness (QED) is 0.875. The molecule has 0 saturated heterocycles. The number of rotatable bonds is 4. The molecule has 0 amide bonds. The first-order chi connectivity index (χ1) is 9.10. The second-order valence-electron chi connectivity index (χ2n) is 3.85. The molecular formula is C13H13N3O3. The maximum Gasteiger partial charge on any atom is 0.354 e. The fraction of sp³-hybridized carbons (Fsp3) is 0.154. The number of aryl methyl sites for hydroxylation is 1. The van der Waals surface area contributed by atoms with Crippen LogP contribution in [0.15, 0.2) is 30.3 Å². The van der Waals surface area contributed by atoms with Gasteiger partial charge in [-0.25, -0.2) is 14.8 Å². The Morgan fingerprint density at radius 3 is 2.74 bits per heavy atom. The van der Waals surface area contributed by atoms with Crippen molar-refractivity contribution in [1.82, 2.24) is 9.97 Å². The Hall–Kier alpha value is -2.63. The lowest BCUT2D eigenvalue weighted by Gasteiger charge is -2.10.